The van der Waals surface area contributed by atoms with Gasteiger partial charge in [0.1, 0.15) is 17.2 Å². The second kappa shape index (κ2) is 9.85. The van der Waals surface area contributed by atoms with E-state index >= 15 is 0 Å². The molecule has 7 nitrogen and oxygen atoms in total. The van der Waals surface area contributed by atoms with E-state index in [1.165, 1.54) is 0 Å². The van der Waals surface area contributed by atoms with Crippen LogP contribution in [0.5, 0.6) is 5.75 Å². The molecule has 4 atom stereocenters. The first-order chi connectivity index (χ1) is 16.6. The fraction of sp³-hybridized carbons (Fsp3) is 0.571. The lowest BCUT2D eigenvalue weighted by Crippen LogP contribution is -2.41. The summed E-state index contributed by atoms with van der Waals surface area (Å²) in [6.45, 7) is 6.88. The number of carbonyl (C=O) groups excluding carboxylic acids is 3. The lowest BCUT2D eigenvalue weighted by atomic mass is 9.78. The number of methoxy groups -OCH3 is 1. The van der Waals surface area contributed by atoms with Crippen molar-refractivity contribution in [2.24, 2.45) is 23.2 Å². The molecule has 0 radical (unpaired) electrons. The predicted octanol–water partition coefficient (Wildman–Crippen LogP) is 4.91. The van der Waals surface area contributed by atoms with Crippen molar-refractivity contribution in [1.29, 1.82) is 5.26 Å². The Morgan fingerprint density at radius 3 is 2.71 bits per heavy atom. The maximum atomic E-state index is 13.7. The largest absolute Gasteiger partial charge is 0.496 e. The van der Waals surface area contributed by atoms with E-state index in [1.54, 1.807) is 18.1 Å². The minimum absolute atomic E-state index is 0.0673. The first kappa shape index (κ1) is 25.0. The number of Topliss-reactive ketones (excluding diaryl/α,β-unsaturated/α-hetero) is 2. The third kappa shape index (κ3) is 5.12. The number of carbonyl (C=O) groups is 3. The molecule has 1 saturated carbocycles. The summed E-state index contributed by atoms with van der Waals surface area (Å²) >= 11 is 0. The average Bonchev–Trinajstić information content (AvgIpc) is 3.55. The maximum Gasteiger partial charge on any atom is 0.270 e. The number of nitrogens with one attached hydrogen (secondary N) is 1. The number of nitriles is 1. The smallest absolute Gasteiger partial charge is 0.270 e. The normalized spacial score (nSPS) is 23.5. The Morgan fingerprint density at radius 2 is 2.09 bits per heavy atom. The summed E-state index contributed by atoms with van der Waals surface area (Å²) in [4.78, 5) is 44.1. The minimum atomic E-state index is -0.574. The van der Waals surface area contributed by atoms with Gasteiger partial charge in [-0.1, -0.05) is 26.8 Å². The number of aromatic amines is 1. The van der Waals surface area contributed by atoms with Crippen molar-refractivity contribution < 1.29 is 19.1 Å². The molecule has 1 aromatic carbocycles. The molecule has 0 spiro atoms. The molecule has 1 N–H and O–H groups in total. The van der Waals surface area contributed by atoms with Crippen LogP contribution >= 0.6 is 0 Å². The quantitative estimate of drug-likeness (QED) is 0.610. The highest BCUT2D eigenvalue weighted by molar-refractivity contribution is 6.02. The first-order valence-corrected chi connectivity index (χ1v) is 12.5. The molecule has 2 aliphatic rings. The molecule has 2 heterocycles. The molecule has 4 unspecified atom stereocenters. The van der Waals surface area contributed by atoms with Gasteiger partial charge in [-0.2, -0.15) is 5.26 Å². The van der Waals surface area contributed by atoms with Crippen LogP contribution in [0, 0.1) is 34.5 Å². The molecule has 1 aromatic heterocycles. The van der Waals surface area contributed by atoms with Gasteiger partial charge in [0.15, 0.2) is 5.78 Å². The molecule has 1 saturated heterocycles. The van der Waals surface area contributed by atoms with E-state index in [0.29, 0.717) is 37.3 Å². The molecule has 2 fully saturated rings. The van der Waals surface area contributed by atoms with Crippen molar-refractivity contribution in [3.63, 3.8) is 0 Å². The van der Waals surface area contributed by atoms with Crippen molar-refractivity contribution in [3.05, 3.63) is 30.0 Å². The number of fused-ring (bicyclic) bond motifs is 1. The zero-order chi connectivity index (χ0) is 25.3. The maximum absolute atomic E-state index is 13.7. The van der Waals surface area contributed by atoms with Crippen LogP contribution < -0.4 is 4.74 Å². The minimum Gasteiger partial charge on any atom is -0.496 e. The van der Waals surface area contributed by atoms with Crippen LogP contribution in [0.2, 0.25) is 0 Å². The summed E-state index contributed by atoms with van der Waals surface area (Å²) in [5.74, 6) is 0.130. The van der Waals surface area contributed by atoms with Gasteiger partial charge in [-0.25, -0.2) is 0 Å². The Balaban J connectivity index is 1.56. The summed E-state index contributed by atoms with van der Waals surface area (Å²) in [5.41, 5.74) is 1.15. The van der Waals surface area contributed by atoms with Crippen LogP contribution in [0.4, 0.5) is 0 Å². The SMILES string of the molecule is COc1cccc2[nH]c(C(=O)N3CC(C(C)(C)C)CC3C(=O)CC(C#N)CC3CCCC3=O)cc12. The van der Waals surface area contributed by atoms with Crippen LogP contribution in [0.1, 0.15) is 69.8 Å². The first-order valence-electron chi connectivity index (χ1n) is 12.5. The van der Waals surface area contributed by atoms with Gasteiger partial charge in [0.2, 0.25) is 0 Å². The van der Waals surface area contributed by atoms with Gasteiger partial charge in [0.25, 0.3) is 5.91 Å². The number of ether oxygens (including phenoxy) is 1. The van der Waals surface area contributed by atoms with Gasteiger partial charge in [-0.05, 0) is 55.2 Å². The number of ketones is 2. The van der Waals surface area contributed by atoms with E-state index in [1.807, 2.05) is 18.2 Å². The van der Waals surface area contributed by atoms with Gasteiger partial charge in [-0.15, -0.1) is 0 Å². The third-order valence-corrected chi connectivity index (χ3v) is 7.86. The molecule has 186 valence electrons. The Bertz CT molecular complexity index is 1170. The van der Waals surface area contributed by atoms with E-state index in [-0.39, 0.29) is 41.1 Å². The molecule has 4 rings (SSSR count). The standard InChI is InChI=1S/C28H35N3O4/c1-28(2,3)19-13-23(25(33)12-17(15-29)11-18-7-5-9-24(18)32)31(16-19)27(34)22-14-20-21(30-22)8-6-10-26(20)35-4/h6,8,10,14,17-19,23,30H,5,7,9,11-13,16H2,1-4H3. The molecule has 2 aromatic rings. The molecule has 1 aliphatic carbocycles. The molecule has 35 heavy (non-hydrogen) atoms. The van der Waals surface area contributed by atoms with Gasteiger partial charge >= 0.3 is 0 Å². The number of nitrogens with zero attached hydrogens (tertiary/aromatic N) is 2. The lowest BCUT2D eigenvalue weighted by Gasteiger charge is -2.26. The Hall–Kier alpha value is -3.14. The number of rotatable bonds is 7. The summed E-state index contributed by atoms with van der Waals surface area (Å²) < 4.78 is 5.43. The zero-order valence-corrected chi connectivity index (χ0v) is 21.1. The molecule has 7 heteroatoms. The van der Waals surface area contributed by atoms with Gasteiger partial charge < -0.3 is 14.6 Å². The van der Waals surface area contributed by atoms with Crippen molar-refractivity contribution in [3.8, 4) is 11.8 Å². The highest BCUT2D eigenvalue weighted by Crippen LogP contribution is 2.39. The Labute approximate surface area is 206 Å². The van der Waals surface area contributed by atoms with Crippen molar-refractivity contribution in [2.75, 3.05) is 13.7 Å². The lowest BCUT2D eigenvalue weighted by molar-refractivity contribution is -0.124. The van der Waals surface area contributed by atoms with Crippen LogP contribution in [0.15, 0.2) is 24.3 Å². The number of aromatic nitrogens is 1. The summed E-state index contributed by atoms with van der Waals surface area (Å²) in [7, 11) is 1.59. The molecular formula is C28H35N3O4. The number of benzene rings is 1. The van der Waals surface area contributed by atoms with Crippen LogP contribution in [-0.2, 0) is 9.59 Å². The third-order valence-electron chi connectivity index (χ3n) is 7.86. The average molecular weight is 478 g/mol. The number of likely N-dealkylation sites (tertiary alicyclic amines) is 1. The highest BCUT2D eigenvalue weighted by atomic mass is 16.5. The van der Waals surface area contributed by atoms with E-state index in [9.17, 15) is 19.6 Å². The van der Waals surface area contributed by atoms with Crippen LogP contribution in [0.3, 0.4) is 0 Å². The molecule has 0 bridgehead atoms. The second-order valence-electron chi connectivity index (χ2n) is 11.2. The van der Waals surface area contributed by atoms with Crippen molar-refractivity contribution >= 4 is 28.4 Å². The van der Waals surface area contributed by atoms with Crippen LogP contribution in [0.25, 0.3) is 10.9 Å². The fourth-order valence-corrected chi connectivity index (χ4v) is 5.61. The highest BCUT2D eigenvalue weighted by Gasteiger charge is 2.44. The van der Waals surface area contributed by atoms with E-state index in [2.05, 4.69) is 31.8 Å². The Morgan fingerprint density at radius 1 is 1.31 bits per heavy atom. The topological polar surface area (TPSA) is 103 Å². The van der Waals surface area contributed by atoms with E-state index in [0.717, 1.165) is 23.7 Å². The molecular weight excluding hydrogens is 442 g/mol. The Kier molecular flexibility index (Phi) is 7.02. The van der Waals surface area contributed by atoms with Crippen molar-refractivity contribution in [2.45, 2.75) is 65.3 Å². The number of H-pyrrole nitrogens is 1. The second-order valence-corrected chi connectivity index (χ2v) is 11.2. The fourth-order valence-electron chi connectivity index (χ4n) is 5.61. The molecule has 1 amide bonds. The van der Waals surface area contributed by atoms with Gasteiger partial charge in [0.05, 0.1) is 25.1 Å². The number of hydrogen-bond acceptors (Lipinski definition) is 5. The van der Waals surface area contributed by atoms with Gasteiger partial charge in [-0.3, -0.25) is 14.4 Å². The summed E-state index contributed by atoms with van der Waals surface area (Å²) in [5, 5.41) is 10.5. The van der Waals surface area contributed by atoms with Crippen LogP contribution in [-0.4, -0.2) is 47.1 Å². The summed E-state index contributed by atoms with van der Waals surface area (Å²) in [6, 6.07) is 9.06. The predicted molar refractivity (Wildman–Crippen MR) is 133 cm³/mol. The van der Waals surface area contributed by atoms with Crippen molar-refractivity contribution in [1.82, 2.24) is 9.88 Å². The van der Waals surface area contributed by atoms with E-state index < -0.39 is 12.0 Å². The zero-order valence-electron chi connectivity index (χ0n) is 21.1. The summed E-state index contributed by atoms with van der Waals surface area (Å²) in [6.07, 6.45) is 3.33. The van der Waals surface area contributed by atoms with E-state index in [4.69, 9.17) is 4.74 Å². The number of hydrogen-bond donors (Lipinski definition) is 1. The monoisotopic (exact) mass is 477 g/mol. The molecule has 1 aliphatic heterocycles. The number of amides is 1. The van der Waals surface area contributed by atoms with Gasteiger partial charge in [0, 0.05) is 36.2 Å².